The second kappa shape index (κ2) is 7.07. The fourth-order valence-corrected chi connectivity index (χ4v) is 3.64. The Bertz CT molecular complexity index is 822. The molecule has 0 aliphatic heterocycles. The number of hydrogen-bond donors (Lipinski definition) is 2. The van der Waals surface area contributed by atoms with Crippen molar-refractivity contribution < 1.29 is 13.2 Å². The van der Waals surface area contributed by atoms with Gasteiger partial charge < -0.3 is 11.5 Å². The summed E-state index contributed by atoms with van der Waals surface area (Å²) < 4.78 is 39.7. The Morgan fingerprint density at radius 2 is 1.32 bits per heavy atom. The van der Waals surface area contributed by atoms with Crippen molar-refractivity contribution in [2.24, 2.45) is 11.5 Å². The molecule has 132 valence electrons. The molecule has 2 nitrogen and oxygen atoms in total. The summed E-state index contributed by atoms with van der Waals surface area (Å²) >= 11 is 21.8. The predicted octanol–water partition coefficient (Wildman–Crippen LogP) is 4.87. The van der Waals surface area contributed by atoms with Gasteiger partial charge in [0.25, 0.3) is 0 Å². The van der Waals surface area contributed by atoms with Crippen LogP contribution in [0.5, 0.6) is 0 Å². The van der Waals surface area contributed by atoms with E-state index in [2.05, 4.69) is 0 Å². The third-order valence-corrected chi connectivity index (χ3v) is 4.92. The van der Waals surface area contributed by atoms with E-state index in [9.17, 15) is 13.2 Å². The SMILES string of the molecule is NC(=S)C(C(N)=S)(c1ccc(Cl)cc1)c1ccc(Cl)c(C(F)(F)F)c1. The van der Waals surface area contributed by atoms with Crippen molar-refractivity contribution >= 4 is 57.6 Å². The molecule has 0 saturated heterocycles. The average Bonchev–Trinajstić information content (AvgIpc) is 2.49. The van der Waals surface area contributed by atoms with Gasteiger partial charge in [0.15, 0.2) is 0 Å². The fourth-order valence-electron chi connectivity index (χ4n) is 2.53. The Hall–Kier alpha value is -1.41. The molecule has 9 heteroatoms. The highest BCUT2D eigenvalue weighted by Crippen LogP contribution is 2.40. The molecule has 0 atom stereocenters. The first kappa shape index (κ1) is 19.9. The lowest BCUT2D eigenvalue weighted by molar-refractivity contribution is -0.137. The summed E-state index contributed by atoms with van der Waals surface area (Å²) in [6.07, 6.45) is -4.66. The minimum absolute atomic E-state index is 0.0755. The number of hydrogen-bond acceptors (Lipinski definition) is 2. The molecule has 0 saturated carbocycles. The summed E-state index contributed by atoms with van der Waals surface area (Å²) in [5, 5.41) is -0.0252. The van der Waals surface area contributed by atoms with E-state index in [1.165, 1.54) is 6.07 Å². The molecule has 0 aliphatic carbocycles. The van der Waals surface area contributed by atoms with E-state index >= 15 is 0 Å². The quantitative estimate of drug-likeness (QED) is 0.689. The summed E-state index contributed by atoms with van der Waals surface area (Å²) in [4.78, 5) is -0.365. The largest absolute Gasteiger partial charge is 0.417 e. The number of halogens is 5. The van der Waals surface area contributed by atoms with Crippen LogP contribution >= 0.6 is 47.6 Å². The van der Waals surface area contributed by atoms with E-state index in [1.54, 1.807) is 24.3 Å². The molecule has 0 heterocycles. The van der Waals surface area contributed by atoms with Gasteiger partial charge in [-0.25, -0.2) is 0 Å². The van der Waals surface area contributed by atoms with Gasteiger partial charge >= 0.3 is 6.18 Å². The first-order chi connectivity index (χ1) is 11.5. The lowest BCUT2D eigenvalue weighted by atomic mass is 9.73. The molecular formula is C16H11Cl2F3N2S2. The van der Waals surface area contributed by atoms with Crippen LogP contribution in [0.1, 0.15) is 16.7 Å². The van der Waals surface area contributed by atoms with Crippen LogP contribution in [0.15, 0.2) is 42.5 Å². The first-order valence-corrected chi connectivity index (χ1v) is 8.31. The summed E-state index contributed by atoms with van der Waals surface area (Å²) in [7, 11) is 0. The number of nitrogens with two attached hydrogens (primary N) is 2. The zero-order chi connectivity index (χ0) is 19.0. The molecule has 0 aliphatic rings. The van der Waals surface area contributed by atoms with Crippen LogP contribution in [0, 0.1) is 0 Å². The lowest BCUT2D eigenvalue weighted by Crippen LogP contribution is -2.50. The second-order valence-electron chi connectivity index (χ2n) is 5.18. The van der Waals surface area contributed by atoms with Crippen LogP contribution in [0.3, 0.4) is 0 Å². The summed E-state index contributed by atoms with van der Waals surface area (Å²) in [5.41, 5.74) is 9.66. The van der Waals surface area contributed by atoms with Crippen molar-refractivity contribution in [2.75, 3.05) is 0 Å². The summed E-state index contributed by atoms with van der Waals surface area (Å²) in [6.45, 7) is 0. The smallest absolute Gasteiger partial charge is 0.392 e. The Morgan fingerprint density at radius 1 is 0.840 bits per heavy atom. The van der Waals surface area contributed by atoms with Crippen LogP contribution < -0.4 is 11.5 Å². The van der Waals surface area contributed by atoms with E-state index in [-0.39, 0.29) is 15.5 Å². The molecule has 0 bridgehead atoms. The lowest BCUT2D eigenvalue weighted by Gasteiger charge is -2.33. The number of thiocarbonyl (C=S) groups is 2. The van der Waals surface area contributed by atoms with Gasteiger partial charge in [-0.2, -0.15) is 13.2 Å². The van der Waals surface area contributed by atoms with Crippen LogP contribution in [-0.4, -0.2) is 9.98 Å². The van der Waals surface area contributed by atoms with Crippen molar-refractivity contribution in [3.8, 4) is 0 Å². The molecule has 0 spiro atoms. The summed E-state index contributed by atoms with van der Waals surface area (Å²) in [6, 6.07) is 9.54. The van der Waals surface area contributed by atoms with Gasteiger partial charge in [-0.15, -0.1) is 0 Å². The molecule has 0 unspecified atom stereocenters. The molecule has 0 amide bonds. The molecule has 2 aromatic rings. The first-order valence-electron chi connectivity index (χ1n) is 6.74. The molecule has 0 radical (unpaired) electrons. The zero-order valence-electron chi connectivity index (χ0n) is 12.4. The normalized spacial score (nSPS) is 12.0. The van der Waals surface area contributed by atoms with E-state index in [4.69, 9.17) is 59.1 Å². The van der Waals surface area contributed by atoms with Crippen LogP contribution in [-0.2, 0) is 11.6 Å². The third-order valence-electron chi connectivity index (χ3n) is 3.72. The molecule has 0 fully saturated rings. The maximum absolute atomic E-state index is 13.2. The van der Waals surface area contributed by atoms with Gasteiger partial charge in [-0.05, 0) is 35.4 Å². The molecular weight excluding hydrogens is 412 g/mol. The number of rotatable bonds is 4. The molecule has 2 rings (SSSR count). The van der Waals surface area contributed by atoms with Gasteiger partial charge in [0.2, 0.25) is 0 Å². The van der Waals surface area contributed by atoms with Crippen molar-refractivity contribution in [3.63, 3.8) is 0 Å². The molecule has 4 N–H and O–H groups in total. The molecule has 0 aromatic heterocycles. The Labute approximate surface area is 162 Å². The van der Waals surface area contributed by atoms with E-state index < -0.39 is 22.2 Å². The van der Waals surface area contributed by atoms with E-state index in [0.29, 0.717) is 10.6 Å². The molecule has 2 aromatic carbocycles. The maximum atomic E-state index is 13.2. The van der Waals surface area contributed by atoms with Crippen LogP contribution in [0.25, 0.3) is 0 Å². The molecule has 25 heavy (non-hydrogen) atoms. The fraction of sp³-hybridized carbons (Fsp3) is 0.125. The highest BCUT2D eigenvalue weighted by Gasteiger charge is 2.43. The van der Waals surface area contributed by atoms with Gasteiger partial charge in [-0.1, -0.05) is 65.8 Å². The number of benzene rings is 2. The monoisotopic (exact) mass is 422 g/mol. The van der Waals surface area contributed by atoms with Crippen molar-refractivity contribution in [3.05, 3.63) is 69.2 Å². The minimum Gasteiger partial charge on any atom is -0.392 e. The Kier molecular flexibility index (Phi) is 5.63. The topological polar surface area (TPSA) is 52.0 Å². The van der Waals surface area contributed by atoms with Crippen LogP contribution in [0.4, 0.5) is 13.2 Å². The minimum atomic E-state index is -4.66. The van der Waals surface area contributed by atoms with Crippen LogP contribution in [0.2, 0.25) is 10.0 Å². The number of alkyl halides is 3. The van der Waals surface area contributed by atoms with Crippen molar-refractivity contribution in [1.82, 2.24) is 0 Å². The van der Waals surface area contributed by atoms with E-state index in [0.717, 1.165) is 12.1 Å². The van der Waals surface area contributed by atoms with Gasteiger partial charge in [-0.3, -0.25) is 0 Å². The maximum Gasteiger partial charge on any atom is 0.417 e. The summed E-state index contributed by atoms with van der Waals surface area (Å²) in [5.74, 6) is 0. The van der Waals surface area contributed by atoms with E-state index in [1.807, 2.05) is 0 Å². The van der Waals surface area contributed by atoms with Crippen molar-refractivity contribution in [2.45, 2.75) is 11.6 Å². The Balaban J connectivity index is 2.84. The van der Waals surface area contributed by atoms with Crippen molar-refractivity contribution in [1.29, 1.82) is 0 Å². The Morgan fingerprint density at radius 3 is 1.76 bits per heavy atom. The van der Waals surface area contributed by atoms with Gasteiger partial charge in [0.05, 0.1) is 20.6 Å². The highest BCUT2D eigenvalue weighted by molar-refractivity contribution is 7.82. The standard InChI is InChI=1S/C16H11Cl2F3N2S2/c17-10-4-1-8(2-5-10)15(13(22)24,14(23)25)9-3-6-12(18)11(7-9)16(19,20)21/h1-7H,(H2,22,24)(H2,23,25). The second-order valence-corrected chi connectivity index (χ2v) is 6.90. The third kappa shape index (κ3) is 3.60. The predicted molar refractivity (Wildman–Crippen MR) is 102 cm³/mol. The zero-order valence-corrected chi connectivity index (χ0v) is 15.5. The van der Waals surface area contributed by atoms with Gasteiger partial charge in [0, 0.05) is 5.02 Å². The van der Waals surface area contributed by atoms with Gasteiger partial charge in [0.1, 0.15) is 5.41 Å². The highest BCUT2D eigenvalue weighted by atomic mass is 35.5. The average molecular weight is 423 g/mol.